The summed E-state index contributed by atoms with van der Waals surface area (Å²) in [6.07, 6.45) is 2.30. The standard InChI is InChI=1S/C14H14N6O2S/c1-2-15-14(22)20-12-9(6-17-20)11-10(5-16-12)13(21)19(18-11)8-3-4-23-7-8/h3-7,13,18,21H,2H2,1H3,(H,15,22). The van der Waals surface area contributed by atoms with Crippen molar-refractivity contribution >= 4 is 39.8 Å². The van der Waals surface area contributed by atoms with E-state index < -0.39 is 6.23 Å². The Morgan fingerprint density at radius 1 is 1.52 bits per heavy atom. The van der Waals surface area contributed by atoms with Crippen LogP contribution in [0.4, 0.5) is 16.2 Å². The largest absolute Gasteiger partial charge is 0.368 e. The molecule has 1 unspecified atom stereocenters. The van der Waals surface area contributed by atoms with E-state index in [9.17, 15) is 9.90 Å². The molecule has 23 heavy (non-hydrogen) atoms. The van der Waals surface area contributed by atoms with Gasteiger partial charge in [-0.1, -0.05) is 0 Å². The van der Waals surface area contributed by atoms with Crippen molar-refractivity contribution in [3.8, 4) is 0 Å². The van der Waals surface area contributed by atoms with Gasteiger partial charge in [0.05, 0.1) is 23.0 Å². The van der Waals surface area contributed by atoms with Crippen LogP contribution in [0, 0.1) is 0 Å². The summed E-state index contributed by atoms with van der Waals surface area (Å²) in [5, 5.41) is 23.5. The molecule has 0 spiro atoms. The number of fused-ring (bicyclic) bond motifs is 3. The summed E-state index contributed by atoms with van der Waals surface area (Å²) in [6, 6.07) is 1.58. The fourth-order valence-corrected chi connectivity index (χ4v) is 3.24. The zero-order chi connectivity index (χ0) is 16.0. The molecule has 0 fully saturated rings. The van der Waals surface area contributed by atoms with E-state index in [4.69, 9.17) is 0 Å². The van der Waals surface area contributed by atoms with E-state index in [1.807, 2.05) is 23.8 Å². The number of aromatic nitrogens is 3. The minimum atomic E-state index is -0.843. The van der Waals surface area contributed by atoms with Crippen LogP contribution in [0.3, 0.4) is 0 Å². The van der Waals surface area contributed by atoms with Gasteiger partial charge in [0, 0.05) is 23.7 Å². The van der Waals surface area contributed by atoms with Crippen LogP contribution < -0.4 is 15.8 Å². The van der Waals surface area contributed by atoms with Crippen molar-refractivity contribution in [1.29, 1.82) is 0 Å². The summed E-state index contributed by atoms with van der Waals surface area (Å²) >= 11 is 1.55. The lowest BCUT2D eigenvalue weighted by molar-refractivity contribution is 0.186. The molecule has 3 N–H and O–H groups in total. The van der Waals surface area contributed by atoms with Crippen LogP contribution in [0.15, 0.2) is 29.2 Å². The number of hydrazine groups is 1. The summed E-state index contributed by atoms with van der Waals surface area (Å²) < 4.78 is 1.22. The molecular weight excluding hydrogens is 316 g/mol. The number of rotatable bonds is 2. The van der Waals surface area contributed by atoms with E-state index in [1.54, 1.807) is 28.7 Å². The number of aliphatic hydroxyl groups is 1. The Morgan fingerprint density at radius 3 is 3.13 bits per heavy atom. The van der Waals surface area contributed by atoms with E-state index >= 15 is 0 Å². The Morgan fingerprint density at radius 2 is 2.39 bits per heavy atom. The third-order valence-corrected chi connectivity index (χ3v) is 4.36. The molecule has 1 amide bonds. The third-order valence-electron chi connectivity index (χ3n) is 3.69. The van der Waals surface area contributed by atoms with E-state index in [1.165, 1.54) is 4.68 Å². The third kappa shape index (κ3) is 2.05. The van der Waals surface area contributed by atoms with Gasteiger partial charge in [-0.3, -0.25) is 10.4 Å². The Labute approximate surface area is 135 Å². The zero-order valence-corrected chi connectivity index (χ0v) is 13.0. The molecule has 8 nitrogen and oxygen atoms in total. The summed E-state index contributed by atoms with van der Waals surface area (Å²) in [5.41, 5.74) is 5.85. The fourth-order valence-electron chi connectivity index (χ4n) is 2.61. The van der Waals surface area contributed by atoms with Gasteiger partial charge in [0.1, 0.15) is 0 Å². The molecule has 1 atom stereocenters. The number of carbonyl (C=O) groups excluding carboxylic acids is 1. The van der Waals surface area contributed by atoms with E-state index in [-0.39, 0.29) is 6.03 Å². The van der Waals surface area contributed by atoms with Crippen molar-refractivity contribution in [1.82, 2.24) is 20.1 Å². The van der Waals surface area contributed by atoms with Crippen molar-refractivity contribution in [3.05, 3.63) is 34.8 Å². The molecule has 3 aromatic rings. The maximum atomic E-state index is 12.0. The number of hydrogen-bond acceptors (Lipinski definition) is 7. The number of amides is 1. The van der Waals surface area contributed by atoms with Crippen LogP contribution in [0.1, 0.15) is 18.7 Å². The minimum Gasteiger partial charge on any atom is -0.368 e. The second-order valence-electron chi connectivity index (χ2n) is 5.05. The van der Waals surface area contributed by atoms with E-state index in [0.29, 0.717) is 28.8 Å². The van der Waals surface area contributed by atoms with Gasteiger partial charge in [0.15, 0.2) is 11.9 Å². The average Bonchev–Trinajstić information content (AvgIpc) is 3.25. The first-order valence-electron chi connectivity index (χ1n) is 7.11. The molecule has 0 saturated heterocycles. The summed E-state index contributed by atoms with van der Waals surface area (Å²) in [7, 11) is 0. The van der Waals surface area contributed by atoms with Gasteiger partial charge >= 0.3 is 6.03 Å². The van der Waals surface area contributed by atoms with Crippen LogP contribution in [0.25, 0.3) is 11.0 Å². The monoisotopic (exact) mass is 330 g/mol. The number of nitrogens with zero attached hydrogens (tertiary/aromatic N) is 4. The van der Waals surface area contributed by atoms with Crippen LogP contribution in [-0.2, 0) is 0 Å². The van der Waals surface area contributed by atoms with Crippen molar-refractivity contribution in [3.63, 3.8) is 0 Å². The summed E-state index contributed by atoms with van der Waals surface area (Å²) in [5.74, 6) is 0. The molecule has 0 aromatic carbocycles. The number of anilines is 2. The minimum absolute atomic E-state index is 0.330. The second-order valence-corrected chi connectivity index (χ2v) is 5.83. The van der Waals surface area contributed by atoms with Crippen molar-refractivity contribution in [2.24, 2.45) is 0 Å². The molecule has 4 rings (SSSR count). The molecule has 1 aliphatic heterocycles. The molecule has 0 radical (unpaired) electrons. The van der Waals surface area contributed by atoms with Gasteiger partial charge in [-0.25, -0.2) is 9.78 Å². The first-order valence-corrected chi connectivity index (χ1v) is 8.06. The molecule has 0 saturated carbocycles. The van der Waals surface area contributed by atoms with Crippen LogP contribution in [0.2, 0.25) is 0 Å². The first-order chi connectivity index (χ1) is 11.2. The predicted octanol–water partition coefficient (Wildman–Crippen LogP) is 1.91. The lowest BCUT2D eigenvalue weighted by atomic mass is 10.2. The maximum Gasteiger partial charge on any atom is 0.344 e. The molecule has 9 heteroatoms. The summed E-state index contributed by atoms with van der Waals surface area (Å²) in [6.45, 7) is 2.35. The second kappa shape index (κ2) is 5.21. The van der Waals surface area contributed by atoms with E-state index in [0.717, 1.165) is 5.69 Å². The van der Waals surface area contributed by atoms with E-state index in [2.05, 4.69) is 20.8 Å². The number of pyridine rings is 1. The summed E-state index contributed by atoms with van der Waals surface area (Å²) in [4.78, 5) is 16.3. The zero-order valence-electron chi connectivity index (χ0n) is 12.2. The lowest BCUT2D eigenvalue weighted by Crippen LogP contribution is -2.29. The molecular formula is C14H14N6O2S. The normalized spacial score (nSPS) is 16.4. The Bertz CT molecular complexity index is 875. The van der Waals surface area contributed by atoms with Gasteiger partial charge in [0.2, 0.25) is 0 Å². The Hall–Kier alpha value is -2.65. The Kier molecular flexibility index (Phi) is 3.17. The van der Waals surface area contributed by atoms with Gasteiger partial charge in [0.25, 0.3) is 0 Å². The highest BCUT2D eigenvalue weighted by atomic mass is 32.1. The molecule has 3 aromatic heterocycles. The predicted molar refractivity (Wildman–Crippen MR) is 87.4 cm³/mol. The number of aliphatic hydroxyl groups excluding tert-OH is 1. The molecule has 118 valence electrons. The average molecular weight is 330 g/mol. The van der Waals surface area contributed by atoms with Crippen LogP contribution in [0.5, 0.6) is 0 Å². The quantitative estimate of drug-likeness (QED) is 0.664. The van der Waals surface area contributed by atoms with Gasteiger partial charge in [-0.15, -0.1) is 0 Å². The number of thiophene rings is 1. The highest BCUT2D eigenvalue weighted by Gasteiger charge is 2.32. The van der Waals surface area contributed by atoms with Crippen LogP contribution >= 0.6 is 11.3 Å². The highest BCUT2D eigenvalue weighted by Crippen LogP contribution is 2.40. The van der Waals surface area contributed by atoms with Gasteiger partial charge < -0.3 is 10.4 Å². The van der Waals surface area contributed by atoms with Gasteiger partial charge in [-0.05, 0) is 18.4 Å². The Balaban J connectivity index is 1.79. The molecule has 0 bridgehead atoms. The molecule has 1 aliphatic rings. The number of nitrogens with one attached hydrogen (secondary N) is 2. The number of carbonyl (C=O) groups is 1. The topological polar surface area (TPSA) is 95.3 Å². The maximum absolute atomic E-state index is 12.0. The molecule has 0 aliphatic carbocycles. The van der Waals surface area contributed by atoms with Crippen molar-refractivity contribution in [2.75, 3.05) is 17.0 Å². The lowest BCUT2D eigenvalue weighted by Gasteiger charge is -2.21. The van der Waals surface area contributed by atoms with Crippen LogP contribution in [-0.4, -0.2) is 32.4 Å². The van der Waals surface area contributed by atoms with Gasteiger partial charge in [-0.2, -0.15) is 21.1 Å². The van der Waals surface area contributed by atoms with Crippen molar-refractivity contribution < 1.29 is 9.90 Å². The molecule has 4 heterocycles. The fraction of sp³-hybridized carbons (Fsp3) is 0.214. The van der Waals surface area contributed by atoms with Crippen molar-refractivity contribution in [2.45, 2.75) is 13.2 Å². The SMILES string of the molecule is CCNC(=O)n1ncc2c3c(cnc21)C(O)N(c1ccsc1)N3. The first kappa shape index (κ1) is 14.0. The number of hydrogen-bond donors (Lipinski definition) is 3. The highest BCUT2D eigenvalue weighted by molar-refractivity contribution is 7.08. The smallest absolute Gasteiger partial charge is 0.344 e.